The van der Waals surface area contributed by atoms with Crippen LogP contribution >= 0.6 is 12.4 Å². The van der Waals surface area contributed by atoms with Crippen LogP contribution in [0, 0.1) is 10.1 Å². The van der Waals surface area contributed by atoms with Crippen LogP contribution in [0.4, 0.5) is 5.69 Å². The molecule has 1 aromatic heterocycles. The van der Waals surface area contributed by atoms with Gasteiger partial charge in [0.05, 0.1) is 17.5 Å². The maximum absolute atomic E-state index is 11.3. The van der Waals surface area contributed by atoms with Crippen molar-refractivity contribution in [3.05, 3.63) is 40.1 Å². The standard InChI is InChI=1S/C12H13N3O4.ClH/c1-19-12(16)10(13)4-7-6-14-11-5-8(15(17)18)2-3-9(7)11;/h2-3,5-6,10,14H,4,13H2,1H3;1H. The van der Waals surface area contributed by atoms with Crippen molar-refractivity contribution in [2.24, 2.45) is 5.73 Å². The summed E-state index contributed by atoms with van der Waals surface area (Å²) in [5.74, 6) is -0.490. The molecule has 1 atom stereocenters. The van der Waals surface area contributed by atoms with Gasteiger partial charge in [0.15, 0.2) is 0 Å². The summed E-state index contributed by atoms with van der Waals surface area (Å²) in [5.41, 5.74) is 7.17. The highest BCUT2D eigenvalue weighted by molar-refractivity contribution is 5.86. The van der Waals surface area contributed by atoms with E-state index in [2.05, 4.69) is 9.72 Å². The Kier molecular flexibility index (Phi) is 5.06. The van der Waals surface area contributed by atoms with Gasteiger partial charge >= 0.3 is 5.97 Å². The molecule has 1 unspecified atom stereocenters. The number of halogens is 1. The number of non-ortho nitro benzene ring substituents is 1. The quantitative estimate of drug-likeness (QED) is 0.505. The molecule has 108 valence electrons. The summed E-state index contributed by atoms with van der Waals surface area (Å²) in [7, 11) is 1.28. The van der Waals surface area contributed by atoms with Gasteiger partial charge in [0.25, 0.3) is 5.69 Å². The summed E-state index contributed by atoms with van der Waals surface area (Å²) >= 11 is 0. The van der Waals surface area contributed by atoms with E-state index >= 15 is 0 Å². The number of hydrogen-bond donors (Lipinski definition) is 2. The highest BCUT2D eigenvalue weighted by atomic mass is 35.5. The molecule has 0 aliphatic heterocycles. The summed E-state index contributed by atoms with van der Waals surface area (Å²) in [5, 5.41) is 11.5. The van der Waals surface area contributed by atoms with Crippen LogP contribution in [-0.2, 0) is 16.0 Å². The number of benzene rings is 1. The molecule has 1 aromatic carbocycles. The van der Waals surface area contributed by atoms with Gasteiger partial charge < -0.3 is 15.5 Å². The Morgan fingerprint density at radius 3 is 2.85 bits per heavy atom. The molecule has 0 saturated carbocycles. The predicted octanol–water partition coefficient (Wildman–Crippen LogP) is 1.54. The average Bonchev–Trinajstić information content (AvgIpc) is 2.80. The molecular weight excluding hydrogens is 286 g/mol. The third-order valence-electron chi connectivity index (χ3n) is 2.91. The van der Waals surface area contributed by atoms with Gasteiger partial charge in [0.2, 0.25) is 0 Å². The minimum absolute atomic E-state index is 0. The van der Waals surface area contributed by atoms with Crippen molar-refractivity contribution < 1.29 is 14.5 Å². The molecule has 7 nitrogen and oxygen atoms in total. The Morgan fingerprint density at radius 2 is 2.25 bits per heavy atom. The zero-order chi connectivity index (χ0) is 14.0. The van der Waals surface area contributed by atoms with Crippen LogP contribution in [0.1, 0.15) is 5.56 Å². The number of rotatable bonds is 4. The van der Waals surface area contributed by atoms with E-state index in [0.717, 1.165) is 10.9 Å². The molecule has 0 aliphatic rings. The lowest BCUT2D eigenvalue weighted by Crippen LogP contribution is -2.33. The Hall–Kier alpha value is -2.12. The van der Waals surface area contributed by atoms with E-state index < -0.39 is 16.9 Å². The maximum Gasteiger partial charge on any atom is 0.322 e. The van der Waals surface area contributed by atoms with E-state index in [1.54, 1.807) is 12.3 Å². The highest BCUT2D eigenvalue weighted by Crippen LogP contribution is 2.24. The molecule has 1 heterocycles. The topological polar surface area (TPSA) is 111 Å². The number of carbonyl (C=O) groups excluding carboxylic acids is 1. The molecule has 20 heavy (non-hydrogen) atoms. The van der Waals surface area contributed by atoms with E-state index in [0.29, 0.717) is 11.9 Å². The number of methoxy groups -OCH3 is 1. The summed E-state index contributed by atoms with van der Waals surface area (Å²) in [6.07, 6.45) is 2.00. The predicted molar refractivity (Wildman–Crippen MR) is 75.9 cm³/mol. The number of fused-ring (bicyclic) bond motifs is 1. The second-order valence-corrected chi connectivity index (χ2v) is 4.13. The first kappa shape index (κ1) is 15.9. The zero-order valence-corrected chi connectivity index (χ0v) is 11.5. The van der Waals surface area contributed by atoms with Crippen LogP contribution in [0.15, 0.2) is 24.4 Å². The average molecular weight is 300 g/mol. The number of esters is 1. The van der Waals surface area contributed by atoms with Crippen LogP contribution < -0.4 is 5.73 Å². The molecule has 0 spiro atoms. The fraction of sp³-hybridized carbons (Fsp3) is 0.250. The fourth-order valence-corrected chi connectivity index (χ4v) is 1.93. The summed E-state index contributed by atoms with van der Waals surface area (Å²) in [6, 6.07) is 3.76. The van der Waals surface area contributed by atoms with Gasteiger partial charge in [-0.1, -0.05) is 0 Å². The van der Waals surface area contributed by atoms with Crippen molar-refractivity contribution in [3.8, 4) is 0 Å². The number of nitro groups is 1. The molecule has 0 fully saturated rings. The number of nitrogens with two attached hydrogens (primary N) is 1. The van der Waals surface area contributed by atoms with Crippen LogP contribution in [0.2, 0.25) is 0 Å². The molecule has 0 aliphatic carbocycles. The first-order chi connectivity index (χ1) is 9.02. The summed E-state index contributed by atoms with van der Waals surface area (Å²) in [4.78, 5) is 24.4. The molecule has 2 aromatic rings. The number of aromatic nitrogens is 1. The Morgan fingerprint density at radius 1 is 1.55 bits per heavy atom. The minimum Gasteiger partial charge on any atom is -0.468 e. The van der Waals surface area contributed by atoms with Gasteiger partial charge in [0.1, 0.15) is 6.04 Å². The molecule has 0 amide bonds. The number of nitrogens with zero attached hydrogens (tertiary/aromatic N) is 1. The smallest absolute Gasteiger partial charge is 0.322 e. The van der Waals surface area contributed by atoms with Crippen LogP contribution in [0.3, 0.4) is 0 Å². The molecule has 0 radical (unpaired) electrons. The molecule has 2 rings (SSSR count). The molecule has 3 N–H and O–H groups in total. The number of carbonyl (C=O) groups is 1. The second kappa shape index (κ2) is 6.36. The number of nitrogens with one attached hydrogen (secondary N) is 1. The first-order valence-corrected chi connectivity index (χ1v) is 5.60. The normalized spacial score (nSPS) is 11.7. The Bertz CT molecular complexity index is 641. The van der Waals surface area contributed by atoms with E-state index in [1.165, 1.54) is 19.2 Å². The van der Waals surface area contributed by atoms with Gasteiger partial charge in [-0.3, -0.25) is 14.9 Å². The summed E-state index contributed by atoms with van der Waals surface area (Å²) in [6.45, 7) is 0. The SMILES string of the molecule is COC(=O)C(N)Cc1c[nH]c2cc([N+](=O)[O-])ccc12.Cl. The van der Waals surface area contributed by atoms with Crippen molar-refractivity contribution in [3.63, 3.8) is 0 Å². The van der Waals surface area contributed by atoms with Gasteiger partial charge in [0, 0.05) is 30.1 Å². The molecular formula is C12H14ClN3O4. The van der Waals surface area contributed by atoms with Crippen molar-refractivity contribution in [2.75, 3.05) is 7.11 Å². The van der Waals surface area contributed by atoms with Crippen LogP contribution in [-0.4, -0.2) is 29.0 Å². The van der Waals surface area contributed by atoms with Gasteiger partial charge in [-0.05, 0) is 11.6 Å². The molecule has 0 saturated heterocycles. The largest absolute Gasteiger partial charge is 0.468 e. The molecule has 0 bridgehead atoms. The monoisotopic (exact) mass is 299 g/mol. The lowest BCUT2D eigenvalue weighted by molar-refractivity contribution is -0.384. The number of H-pyrrole nitrogens is 1. The Labute approximate surface area is 120 Å². The highest BCUT2D eigenvalue weighted by Gasteiger charge is 2.17. The van der Waals surface area contributed by atoms with E-state index in [4.69, 9.17) is 5.73 Å². The third-order valence-corrected chi connectivity index (χ3v) is 2.91. The van der Waals surface area contributed by atoms with Crippen LogP contribution in [0.25, 0.3) is 10.9 Å². The fourth-order valence-electron chi connectivity index (χ4n) is 1.93. The lowest BCUT2D eigenvalue weighted by Gasteiger charge is -2.07. The number of ether oxygens (including phenoxy) is 1. The van der Waals surface area contributed by atoms with Gasteiger partial charge in [-0.25, -0.2) is 0 Å². The van der Waals surface area contributed by atoms with Crippen molar-refractivity contribution in [1.29, 1.82) is 0 Å². The van der Waals surface area contributed by atoms with Gasteiger partial charge in [-0.2, -0.15) is 0 Å². The van der Waals surface area contributed by atoms with E-state index in [1.807, 2.05) is 0 Å². The number of hydrogen-bond acceptors (Lipinski definition) is 5. The second-order valence-electron chi connectivity index (χ2n) is 4.13. The number of aromatic amines is 1. The summed E-state index contributed by atoms with van der Waals surface area (Å²) < 4.78 is 4.56. The zero-order valence-electron chi connectivity index (χ0n) is 10.7. The Balaban J connectivity index is 0.00000200. The maximum atomic E-state index is 11.3. The van der Waals surface area contributed by atoms with Gasteiger partial charge in [-0.15, -0.1) is 12.4 Å². The van der Waals surface area contributed by atoms with E-state index in [9.17, 15) is 14.9 Å². The van der Waals surface area contributed by atoms with E-state index in [-0.39, 0.29) is 18.1 Å². The third kappa shape index (κ3) is 3.06. The van der Waals surface area contributed by atoms with Crippen molar-refractivity contribution >= 4 is 35.0 Å². The lowest BCUT2D eigenvalue weighted by atomic mass is 10.1. The van der Waals surface area contributed by atoms with Crippen molar-refractivity contribution in [1.82, 2.24) is 4.98 Å². The minimum atomic E-state index is -0.751. The van der Waals surface area contributed by atoms with Crippen LogP contribution in [0.5, 0.6) is 0 Å². The van der Waals surface area contributed by atoms with Crippen molar-refractivity contribution in [2.45, 2.75) is 12.5 Å². The molecule has 8 heteroatoms. The number of nitro benzene ring substituents is 1. The first-order valence-electron chi connectivity index (χ1n) is 5.60.